The first-order valence-corrected chi connectivity index (χ1v) is 7.63. The first-order chi connectivity index (χ1) is 12.3. The zero-order valence-corrected chi connectivity index (χ0v) is 13.7. The van der Waals surface area contributed by atoms with Crippen LogP contribution in [-0.4, -0.2) is 45.2 Å². The number of nitriles is 2. The molecule has 0 aliphatic rings. The van der Waals surface area contributed by atoms with Gasteiger partial charge in [-0.05, 0) is 18.2 Å². The number of ether oxygens (including phenoxy) is 3. The standard InChI is InChI=1S/C18H19N3O4/c19-13-16(14-20)5-4-8-21-15-18(22)25-12-10-23-9-11-24-17-6-2-1-3-7-17/h1-8,16H,9-12,15H2/b5-4+,21-8?. The van der Waals surface area contributed by atoms with E-state index in [0.717, 1.165) is 5.75 Å². The molecule has 1 rings (SSSR count). The van der Waals surface area contributed by atoms with Crippen molar-refractivity contribution in [3.8, 4) is 17.9 Å². The summed E-state index contributed by atoms with van der Waals surface area (Å²) in [6, 6.07) is 13.0. The lowest BCUT2D eigenvalue weighted by Gasteiger charge is -2.07. The minimum atomic E-state index is -0.818. The molecule has 0 aliphatic heterocycles. The number of carbonyl (C=O) groups excluding carboxylic acids is 1. The maximum atomic E-state index is 11.4. The molecule has 0 saturated heterocycles. The van der Waals surface area contributed by atoms with Crippen LogP contribution in [0.15, 0.2) is 47.5 Å². The van der Waals surface area contributed by atoms with Gasteiger partial charge in [-0.1, -0.05) is 24.3 Å². The Morgan fingerprint density at radius 1 is 1.12 bits per heavy atom. The van der Waals surface area contributed by atoms with Crippen LogP contribution < -0.4 is 4.74 Å². The van der Waals surface area contributed by atoms with Crippen LogP contribution in [0.3, 0.4) is 0 Å². The lowest BCUT2D eigenvalue weighted by Crippen LogP contribution is -2.15. The summed E-state index contributed by atoms with van der Waals surface area (Å²) in [4.78, 5) is 15.2. The highest BCUT2D eigenvalue weighted by molar-refractivity contribution is 5.77. The summed E-state index contributed by atoms with van der Waals surface area (Å²) in [5.74, 6) is -0.521. The summed E-state index contributed by atoms with van der Waals surface area (Å²) >= 11 is 0. The van der Waals surface area contributed by atoms with Crippen molar-refractivity contribution in [2.75, 3.05) is 33.0 Å². The van der Waals surface area contributed by atoms with Gasteiger partial charge in [0.05, 0.1) is 25.4 Å². The summed E-state index contributed by atoms with van der Waals surface area (Å²) in [6.45, 7) is 1.10. The molecule has 0 radical (unpaired) electrons. The maximum Gasteiger partial charge on any atom is 0.327 e. The van der Waals surface area contributed by atoms with Crippen LogP contribution in [0.2, 0.25) is 0 Å². The van der Waals surface area contributed by atoms with Gasteiger partial charge in [-0.25, -0.2) is 0 Å². The molecule has 0 N–H and O–H groups in total. The largest absolute Gasteiger partial charge is 0.491 e. The van der Waals surface area contributed by atoms with E-state index in [1.165, 1.54) is 18.4 Å². The second-order valence-electron chi connectivity index (χ2n) is 4.60. The fraction of sp³-hybridized carbons (Fsp3) is 0.333. The Morgan fingerprint density at radius 3 is 2.56 bits per heavy atom. The van der Waals surface area contributed by atoms with E-state index in [9.17, 15) is 4.79 Å². The predicted octanol–water partition coefficient (Wildman–Crippen LogP) is 1.92. The number of carbonyl (C=O) groups is 1. The minimum Gasteiger partial charge on any atom is -0.491 e. The Kier molecular flexibility index (Phi) is 10.6. The van der Waals surface area contributed by atoms with E-state index in [-0.39, 0.29) is 19.8 Å². The lowest BCUT2D eigenvalue weighted by atomic mass is 10.2. The van der Waals surface area contributed by atoms with Gasteiger partial charge in [0, 0.05) is 6.21 Å². The van der Waals surface area contributed by atoms with Crippen LogP contribution >= 0.6 is 0 Å². The number of aliphatic imine (C=N–C) groups is 1. The summed E-state index contributed by atoms with van der Waals surface area (Å²) in [7, 11) is 0. The molecule has 0 unspecified atom stereocenters. The number of nitrogens with zero attached hydrogens (tertiary/aromatic N) is 3. The smallest absolute Gasteiger partial charge is 0.327 e. The molecule has 0 aromatic heterocycles. The highest BCUT2D eigenvalue weighted by atomic mass is 16.6. The first-order valence-electron chi connectivity index (χ1n) is 7.63. The summed E-state index contributed by atoms with van der Waals surface area (Å²) in [5, 5.41) is 17.1. The van der Waals surface area contributed by atoms with E-state index in [1.807, 2.05) is 30.3 Å². The van der Waals surface area contributed by atoms with Gasteiger partial charge in [0.15, 0.2) is 5.92 Å². The topological polar surface area (TPSA) is 105 Å². The number of benzene rings is 1. The van der Waals surface area contributed by atoms with Crippen LogP contribution in [0.4, 0.5) is 0 Å². The van der Waals surface area contributed by atoms with Crippen molar-refractivity contribution in [3.63, 3.8) is 0 Å². The van der Waals surface area contributed by atoms with Crippen molar-refractivity contribution in [1.29, 1.82) is 10.5 Å². The molecule has 0 fully saturated rings. The molecule has 7 heteroatoms. The molecule has 0 heterocycles. The Morgan fingerprint density at radius 2 is 1.84 bits per heavy atom. The van der Waals surface area contributed by atoms with Crippen molar-refractivity contribution < 1.29 is 19.0 Å². The number of esters is 1. The third kappa shape index (κ3) is 10.3. The van der Waals surface area contributed by atoms with Crippen LogP contribution in [0, 0.1) is 28.6 Å². The number of allylic oxidation sites excluding steroid dienone is 2. The molecule has 0 amide bonds. The zero-order valence-electron chi connectivity index (χ0n) is 13.7. The molecule has 0 bridgehead atoms. The van der Waals surface area contributed by atoms with Crippen molar-refractivity contribution in [2.45, 2.75) is 0 Å². The molecular formula is C18H19N3O4. The van der Waals surface area contributed by atoms with E-state index in [2.05, 4.69) is 4.99 Å². The van der Waals surface area contributed by atoms with Crippen LogP contribution in [-0.2, 0) is 14.3 Å². The summed E-state index contributed by atoms with van der Waals surface area (Å²) in [6.07, 6.45) is 4.18. The van der Waals surface area contributed by atoms with Gasteiger partial charge in [0.25, 0.3) is 0 Å². The molecule has 130 valence electrons. The Balaban J connectivity index is 2.00. The molecule has 7 nitrogen and oxygen atoms in total. The second kappa shape index (κ2) is 13.3. The fourth-order valence-electron chi connectivity index (χ4n) is 1.56. The van der Waals surface area contributed by atoms with Crippen molar-refractivity contribution in [1.82, 2.24) is 0 Å². The zero-order chi connectivity index (χ0) is 18.2. The number of para-hydroxylation sites is 1. The molecule has 0 aliphatic carbocycles. The lowest BCUT2D eigenvalue weighted by molar-refractivity contribution is -0.143. The molecule has 1 aromatic rings. The van der Waals surface area contributed by atoms with Gasteiger partial charge in [-0.3, -0.25) is 9.79 Å². The van der Waals surface area contributed by atoms with Crippen LogP contribution in [0.1, 0.15) is 0 Å². The van der Waals surface area contributed by atoms with Gasteiger partial charge >= 0.3 is 5.97 Å². The van der Waals surface area contributed by atoms with Crippen LogP contribution in [0.5, 0.6) is 5.75 Å². The molecule has 25 heavy (non-hydrogen) atoms. The Hall–Kier alpha value is -3.16. The van der Waals surface area contributed by atoms with E-state index < -0.39 is 11.9 Å². The Labute approximate surface area is 146 Å². The van der Waals surface area contributed by atoms with Gasteiger partial charge in [0.2, 0.25) is 0 Å². The highest BCUT2D eigenvalue weighted by Crippen LogP contribution is 2.07. The average Bonchev–Trinajstić information content (AvgIpc) is 2.64. The molecule has 1 aromatic carbocycles. The first kappa shape index (κ1) is 19.9. The number of rotatable bonds is 11. The van der Waals surface area contributed by atoms with Crippen molar-refractivity contribution in [2.24, 2.45) is 10.9 Å². The molecule has 0 atom stereocenters. The normalized spacial score (nSPS) is 10.7. The van der Waals surface area contributed by atoms with Gasteiger partial charge in [-0.2, -0.15) is 10.5 Å². The van der Waals surface area contributed by atoms with Gasteiger partial charge < -0.3 is 14.2 Å². The number of hydrogen-bond donors (Lipinski definition) is 0. The highest BCUT2D eigenvalue weighted by Gasteiger charge is 2.00. The van der Waals surface area contributed by atoms with Gasteiger partial charge in [-0.15, -0.1) is 0 Å². The maximum absolute atomic E-state index is 11.4. The monoisotopic (exact) mass is 341 g/mol. The Bertz CT molecular complexity index is 631. The minimum absolute atomic E-state index is 0.134. The van der Waals surface area contributed by atoms with E-state index in [0.29, 0.717) is 13.2 Å². The quantitative estimate of drug-likeness (QED) is 0.346. The summed E-state index contributed by atoms with van der Waals surface area (Å²) < 4.78 is 15.7. The molecule has 0 saturated carbocycles. The average molecular weight is 341 g/mol. The SMILES string of the molecule is N#CC(C#N)/C=C/C=NCC(=O)OCCOCCOc1ccccc1. The molecule has 0 spiro atoms. The van der Waals surface area contributed by atoms with E-state index >= 15 is 0 Å². The summed E-state index contributed by atoms with van der Waals surface area (Å²) in [5.41, 5.74) is 0. The molecular weight excluding hydrogens is 322 g/mol. The predicted molar refractivity (Wildman–Crippen MR) is 90.9 cm³/mol. The third-order valence-corrected chi connectivity index (χ3v) is 2.72. The van der Waals surface area contributed by atoms with E-state index in [1.54, 1.807) is 12.1 Å². The van der Waals surface area contributed by atoms with Crippen molar-refractivity contribution >= 4 is 12.2 Å². The third-order valence-electron chi connectivity index (χ3n) is 2.72. The van der Waals surface area contributed by atoms with Crippen molar-refractivity contribution in [3.05, 3.63) is 42.5 Å². The fourth-order valence-corrected chi connectivity index (χ4v) is 1.56. The second-order valence-corrected chi connectivity index (χ2v) is 4.60. The van der Waals surface area contributed by atoms with E-state index in [4.69, 9.17) is 24.7 Å². The van der Waals surface area contributed by atoms with Crippen LogP contribution in [0.25, 0.3) is 0 Å². The van der Waals surface area contributed by atoms with Gasteiger partial charge in [0.1, 0.15) is 25.5 Å². The number of hydrogen-bond acceptors (Lipinski definition) is 7.